The van der Waals surface area contributed by atoms with Crippen LogP contribution in [0.2, 0.25) is 0 Å². The Morgan fingerprint density at radius 1 is 1.24 bits per heavy atom. The molecule has 0 bridgehead atoms. The van der Waals surface area contributed by atoms with Gasteiger partial charge in [-0.15, -0.1) is 0 Å². The maximum Gasteiger partial charge on any atom is 0.322 e. The van der Waals surface area contributed by atoms with Crippen LogP contribution in [-0.2, 0) is 21.4 Å². The second-order valence-electron chi connectivity index (χ2n) is 6.72. The van der Waals surface area contributed by atoms with Gasteiger partial charge in [-0.05, 0) is 48.4 Å². The van der Waals surface area contributed by atoms with Crippen molar-refractivity contribution in [2.45, 2.75) is 36.5 Å². The summed E-state index contributed by atoms with van der Waals surface area (Å²) in [6.07, 6.45) is -0.790. The number of carbonyl (C=O) groups is 1. The molecule has 0 amide bonds. The molecule has 1 aliphatic heterocycles. The number of rotatable bonds is 6. The number of carboxylic acid groups (broad SMARTS) is 1. The number of ether oxygens (including phenoxy) is 1. The summed E-state index contributed by atoms with van der Waals surface area (Å²) in [5.41, 5.74) is 1.32. The van der Waals surface area contributed by atoms with E-state index in [0.29, 0.717) is 11.3 Å². The molecule has 0 aromatic heterocycles. The molecule has 0 radical (unpaired) electrons. The second kappa shape index (κ2) is 8.61. The van der Waals surface area contributed by atoms with Crippen molar-refractivity contribution in [3.05, 3.63) is 59.7 Å². The Bertz CT molecular complexity index is 1030. The van der Waals surface area contributed by atoms with Crippen LogP contribution in [0.4, 0.5) is 0 Å². The van der Waals surface area contributed by atoms with Gasteiger partial charge in [0.1, 0.15) is 18.4 Å². The smallest absolute Gasteiger partial charge is 0.322 e. The molecule has 1 fully saturated rings. The first-order valence-corrected chi connectivity index (χ1v) is 10.4. The zero-order chi connectivity index (χ0) is 21.0. The minimum absolute atomic E-state index is 0.0426. The minimum atomic E-state index is -4.02. The summed E-state index contributed by atoms with van der Waals surface area (Å²) in [7, 11) is -4.02. The van der Waals surface area contributed by atoms with Crippen molar-refractivity contribution in [2.75, 3.05) is 6.54 Å². The van der Waals surface area contributed by atoms with Crippen molar-refractivity contribution >= 4 is 16.0 Å². The van der Waals surface area contributed by atoms with E-state index in [2.05, 4.69) is 6.07 Å². The molecular formula is C20H20N2O6S. The Balaban J connectivity index is 1.73. The summed E-state index contributed by atoms with van der Waals surface area (Å²) in [5.74, 6) is -0.845. The highest BCUT2D eigenvalue weighted by Gasteiger charge is 2.40. The lowest BCUT2D eigenvalue weighted by molar-refractivity contribution is -0.143. The molecule has 9 heteroatoms. The SMILES string of the molecule is N#Cc1cccc(COc2ccc(S(=O)(=O)N3CCC(O)CC3C(=O)O)cc2)c1. The molecule has 2 aromatic carbocycles. The normalized spacial score (nSPS) is 20.0. The molecule has 1 heterocycles. The monoisotopic (exact) mass is 416 g/mol. The van der Waals surface area contributed by atoms with Crippen molar-refractivity contribution in [1.82, 2.24) is 4.31 Å². The van der Waals surface area contributed by atoms with E-state index in [4.69, 9.17) is 10.00 Å². The van der Waals surface area contributed by atoms with Crippen molar-refractivity contribution in [3.63, 3.8) is 0 Å². The fourth-order valence-electron chi connectivity index (χ4n) is 3.18. The summed E-state index contributed by atoms with van der Waals surface area (Å²) in [6, 6.07) is 13.4. The van der Waals surface area contributed by atoms with Crippen molar-refractivity contribution < 1.29 is 28.2 Å². The lowest BCUT2D eigenvalue weighted by Gasteiger charge is -2.34. The quantitative estimate of drug-likeness (QED) is 0.734. The van der Waals surface area contributed by atoms with Crippen molar-refractivity contribution in [1.29, 1.82) is 5.26 Å². The predicted molar refractivity (Wildman–Crippen MR) is 102 cm³/mol. The zero-order valence-electron chi connectivity index (χ0n) is 15.4. The van der Waals surface area contributed by atoms with Gasteiger partial charge in [-0.2, -0.15) is 9.57 Å². The average molecular weight is 416 g/mol. The van der Waals surface area contributed by atoms with Crippen LogP contribution in [0.15, 0.2) is 53.4 Å². The van der Waals surface area contributed by atoms with E-state index in [9.17, 15) is 23.4 Å². The predicted octanol–water partition coefficient (Wildman–Crippen LogP) is 1.74. The molecule has 3 rings (SSSR count). The second-order valence-corrected chi connectivity index (χ2v) is 8.61. The molecule has 8 nitrogen and oxygen atoms in total. The molecule has 1 aliphatic rings. The molecule has 2 atom stereocenters. The van der Waals surface area contributed by atoms with E-state index in [0.717, 1.165) is 9.87 Å². The zero-order valence-corrected chi connectivity index (χ0v) is 16.2. The highest BCUT2D eigenvalue weighted by Crippen LogP contribution is 2.27. The van der Waals surface area contributed by atoms with Gasteiger partial charge in [0.05, 0.1) is 22.6 Å². The Labute approximate surface area is 168 Å². The van der Waals surface area contributed by atoms with Crippen LogP contribution in [0, 0.1) is 11.3 Å². The van der Waals surface area contributed by atoms with Gasteiger partial charge in [-0.3, -0.25) is 4.79 Å². The van der Waals surface area contributed by atoms with Gasteiger partial charge in [-0.25, -0.2) is 8.42 Å². The number of nitrogens with zero attached hydrogens (tertiary/aromatic N) is 2. The average Bonchev–Trinajstić information content (AvgIpc) is 2.72. The fraction of sp³-hybridized carbons (Fsp3) is 0.300. The fourth-order valence-corrected chi connectivity index (χ4v) is 4.79. The summed E-state index contributed by atoms with van der Waals surface area (Å²) < 4.78 is 32.3. The number of piperidine rings is 1. The molecule has 2 aromatic rings. The molecule has 0 spiro atoms. The maximum absolute atomic E-state index is 12.9. The van der Waals surface area contributed by atoms with Gasteiger partial charge < -0.3 is 14.9 Å². The number of nitriles is 1. The van der Waals surface area contributed by atoms with Crippen LogP contribution in [0.5, 0.6) is 5.75 Å². The first-order chi connectivity index (χ1) is 13.8. The van der Waals surface area contributed by atoms with E-state index < -0.39 is 28.1 Å². The van der Waals surface area contributed by atoms with Gasteiger partial charge in [0.2, 0.25) is 10.0 Å². The van der Waals surface area contributed by atoms with Crippen LogP contribution < -0.4 is 4.74 Å². The Morgan fingerprint density at radius 3 is 2.62 bits per heavy atom. The minimum Gasteiger partial charge on any atom is -0.489 e. The van der Waals surface area contributed by atoms with Crippen LogP contribution in [0.25, 0.3) is 0 Å². The number of benzene rings is 2. The summed E-state index contributed by atoms with van der Waals surface area (Å²) >= 11 is 0. The van der Waals surface area contributed by atoms with Crippen molar-refractivity contribution in [2.24, 2.45) is 0 Å². The highest BCUT2D eigenvalue weighted by atomic mass is 32.2. The molecule has 2 N–H and O–H groups in total. The van der Waals surface area contributed by atoms with Crippen LogP contribution in [0.3, 0.4) is 0 Å². The summed E-state index contributed by atoms with van der Waals surface area (Å²) in [6.45, 7) is 0.153. The molecule has 1 saturated heterocycles. The number of aliphatic carboxylic acids is 1. The lowest BCUT2D eigenvalue weighted by atomic mass is 10.0. The molecular weight excluding hydrogens is 396 g/mol. The van der Waals surface area contributed by atoms with Crippen LogP contribution in [0.1, 0.15) is 24.0 Å². The standard InChI is InChI=1S/C20H20N2O6S/c21-12-14-2-1-3-15(10-14)13-28-17-4-6-18(7-5-17)29(26,27)22-9-8-16(23)11-19(22)20(24)25/h1-7,10,16,19,23H,8-9,11,13H2,(H,24,25). The van der Waals surface area contributed by atoms with Gasteiger partial charge in [-0.1, -0.05) is 12.1 Å². The number of hydrogen-bond acceptors (Lipinski definition) is 6. The summed E-state index contributed by atoms with van der Waals surface area (Å²) in [5, 5.41) is 28.0. The molecule has 0 saturated carbocycles. The first kappa shape index (κ1) is 20.8. The van der Waals surface area contributed by atoms with Crippen molar-refractivity contribution in [3.8, 4) is 11.8 Å². The number of aliphatic hydroxyl groups is 1. The third kappa shape index (κ3) is 4.74. The lowest BCUT2D eigenvalue weighted by Crippen LogP contribution is -2.51. The third-order valence-electron chi connectivity index (χ3n) is 4.70. The number of hydrogen-bond donors (Lipinski definition) is 2. The molecule has 152 valence electrons. The number of sulfonamides is 1. The largest absolute Gasteiger partial charge is 0.489 e. The van der Waals surface area contributed by atoms with E-state index >= 15 is 0 Å². The Hall–Kier alpha value is -2.93. The van der Waals surface area contributed by atoms with Crippen LogP contribution >= 0.6 is 0 Å². The molecule has 0 aliphatic carbocycles. The molecule has 2 unspecified atom stereocenters. The van der Waals surface area contributed by atoms with E-state index in [1.165, 1.54) is 24.3 Å². The van der Waals surface area contributed by atoms with Gasteiger partial charge >= 0.3 is 5.97 Å². The Morgan fingerprint density at radius 2 is 1.97 bits per heavy atom. The van der Waals surface area contributed by atoms with E-state index in [-0.39, 0.29) is 30.9 Å². The Kier molecular flexibility index (Phi) is 6.17. The topological polar surface area (TPSA) is 128 Å². The van der Waals surface area contributed by atoms with E-state index in [1.807, 2.05) is 6.07 Å². The van der Waals surface area contributed by atoms with Crippen LogP contribution in [-0.4, -0.2) is 47.6 Å². The molecule has 29 heavy (non-hydrogen) atoms. The van der Waals surface area contributed by atoms with Gasteiger partial charge in [0.25, 0.3) is 0 Å². The first-order valence-electron chi connectivity index (χ1n) is 8.96. The van der Waals surface area contributed by atoms with E-state index in [1.54, 1.807) is 18.2 Å². The maximum atomic E-state index is 12.9. The van der Waals surface area contributed by atoms with Gasteiger partial charge in [0, 0.05) is 13.0 Å². The highest BCUT2D eigenvalue weighted by molar-refractivity contribution is 7.89. The summed E-state index contributed by atoms with van der Waals surface area (Å²) in [4.78, 5) is 11.4. The number of carboxylic acids is 1. The number of aliphatic hydroxyl groups excluding tert-OH is 1. The van der Waals surface area contributed by atoms with Gasteiger partial charge in [0.15, 0.2) is 0 Å². The third-order valence-corrected chi connectivity index (χ3v) is 6.63.